The Morgan fingerprint density at radius 1 is 1.60 bits per heavy atom. The van der Waals surface area contributed by atoms with Crippen molar-refractivity contribution in [2.24, 2.45) is 11.8 Å². The van der Waals surface area contributed by atoms with Crippen molar-refractivity contribution in [3.05, 3.63) is 0 Å². The van der Waals surface area contributed by atoms with Crippen molar-refractivity contribution in [1.29, 1.82) is 0 Å². The summed E-state index contributed by atoms with van der Waals surface area (Å²) >= 11 is 0. The maximum absolute atomic E-state index is 10.8. The summed E-state index contributed by atoms with van der Waals surface area (Å²) in [6, 6.07) is 0.611. The van der Waals surface area contributed by atoms with Crippen LogP contribution >= 0.6 is 0 Å². The average Bonchev–Trinajstić information content (AvgIpc) is 2.59. The molecule has 0 saturated carbocycles. The molecule has 0 amide bonds. The van der Waals surface area contributed by atoms with Crippen molar-refractivity contribution in [3.8, 4) is 0 Å². The van der Waals surface area contributed by atoms with Crippen molar-refractivity contribution in [2.45, 2.75) is 25.8 Å². The zero-order chi connectivity index (χ0) is 10.8. The molecule has 2 rings (SSSR count). The molecule has 0 aromatic heterocycles. The van der Waals surface area contributed by atoms with E-state index in [9.17, 15) is 4.79 Å². The number of rotatable bonds is 3. The van der Waals surface area contributed by atoms with E-state index < -0.39 is 5.97 Å². The van der Waals surface area contributed by atoms with Gasteiger partial charge in [0.2, 0.25) is 0 Å². The molecule has 4 heteroatoms. The van der Waals surface area contributed by atoms with Crippen molar-refractivity contribution in [2.75, 3.05) is 26.2 Å². The Kier molecular flexibility index (Phi) is 3.26. The first kappa shape index (κ1) is 10.9. The van der Waals surface area contributed by atoms with E-state index >= 15 is 0 Å². The van der Waals surface area contributed by atoms with Gasteiger partial charge in [0.25, 0.3) is 0 Å². The molecule has 0 spiro atoms. The minimum absolute atomic E-state index is 0.245. The third-order valence-electron chi connectivity index (χ3n) is 3.63. The highest BCUT2D eigenvalue weighted by molar-refractivity contribution is 5.69. The van der Waals surface area contributed by atoms with Crippen LogP contribution in [-0.4, -0.2) is 48.2 Å². The Hall–Kier alpha value is -0.610. The molecule has 0 aromatic carbocycles. The Bertz CT molecular complexity index is 231. The summed E-state index contributed by atoms with van der Waals surface area (Å²) in [6.07, 6.45) is 2.57. The Morgan fingerprint density at radius 3 is 3.07 bits per heavy atom. The second-order valence-electron chi connectivity index (χ2n) is 4.92. The van der Waals surface area contributed by atoms with E-state index in [0.717, 1.165) is 25.6 Å². The van der Waals surface area contributed by atoms with Crippen LogP contribution in [0.3, 0.4) is 0 Å². The Morgan fingerprint density at radius 2 is 2.40 bits per heavy atom. The minimum Gasteiger partial charge on any atom is -0.481 e. The summed E-state index contributed by atoms with van der Waals surface area (Å²) in [6.45, 7) is 5.73. The first-order chi connectivity index (χ1) is 7.16. The monoisotopic (exact) mass is 212 g/mol. The molecule has 2 fully saturated rings. The summed E-state index contributed by atoms with van der Waals surface area (Å²) in [5, 5.41) is 12.4. The second-order valence-corrected chi connectivity index (χ2v) is 4.92. The van der Waals surface area contributed by atoms with Gasteiger partial charge in [-0.1, -0.05) is 6.92 Å². The third kappa shape index (κ3) is 2.49. The number of carbonyl (C=O) groups is 1. The molecule has 2 N–H and O–H groups in total. The molecule has 2 aliphatic rings. The number of nitrogens with zero attached hydrogens (tertiary/aromatic N) is 1. The maximum Gasteiger partial charge on any atom is 0.307 e. The predicted octanol–water partition coefficient (Wildman–Crippen LogP) is 0.391. The van der Waals surface area contributed by atoms with Gasteiger partial charge in [-0.3, -0.25) is 4.79 Å². The average molecular weight is 212 g/mol. The van der Waals surface area contributed by atoms with Gasteiger partial charge in [0.1, 0.15) is 0 Å². The van der Waals surface area contributed by atoms with Gasteiger partial charge in [-0.15, -0.1) is 0 Å². The molecule has 0 radical (unpaired) electrons. The molecule has 86 valence electrons. The van der Waals surface area contributed by atoms with Crippen LogP contribution in [0.15, 0.2) is 0 Å². The lowest BCUT2D eigenvalue weighted by Crippen LogP contribution is -2.41. The number of nitrogens with one attached hydrogen (secondary N) is 1. The van der Waals surface area contributed by atoms with Crippen LogP contribution in [0.2, 0.25) is 0 Å². The molecular formula is C11H20N2O2. The van der Waals surface area contributed by atoms with E-state index in [2.05, 4.69) is 10.2 Å². The molecule has 2 aliphatic heterocycles. The van der Waals surface area contributed by atoms with Gasteiger partial charge >= 0.3 is 5.97 Å². The molecule has 1 unspecified atom stereocenters. The number of carboxylic acid groups (broad SMARTS) is 1. The smallest absolute Gasteiger partial charge is 0.307 e. The third-order valence-corrected chi connectivity index (χ3v) is 3.63. The lowest BCUT2D eigenvalue weighted by Gasteiger charge is -2.24. The van der Waals surface area contributed by atoms with Crippen molar-refractivity contribution < 1.29 is 9.90 Å². The van der Waals surface area contributed by atoms with Gasteiger partial charge in [0, 0.05) is 25.7 Å². The maximum atomic E-state index is 10.8. The van der Waals surface area contributed by atoms with Crippen LogP contribution < -0.4 is 5.32 Å². The predicted molar refractivity (Wildman–Crippen MR) is 57.8 cm³/mol. The van der Waals surface area contributed by atoms with Crippen molar-refractivity contribution in [1.82, 2.24) is 10.2 Å². The SMILES string of the molecule is CC(CN1C[C@@H]2CCCN[C@@H]2C1)C(=O)O. The van der Waals surface area contributed by atoms with Gasteiger partial charge in [-0.2, -0.15) is 0 Å². The molecule has 3 atom stereocenters. The normalized spacial score (nSPS) is 33.7. The fourth-order valence-electron chi connectivity index (χ4n) is 2.75. The highest BCUT2D eigenvalue weighted by atomic mass is 16.4. The molecule has 0 aliphatic carbocycles. The van der Waals surface area contributed by atoms with E-state index in [1.165, 1.54) is 12.8 Å². The number of piperidine rings is 1. The van der Waals surface area contributed by atoms with E-state index in [1.54, 1.807) is 6.92 Å². The number of hydrogen-bond donors (Lipinski definition) is 2. The van der Waals surface area contributed by atoms with Crippen molar-refractivity contribution in [3.63, 3.8) is 0 Å². The van der Waals surface area contributed by atoms with Gasteiger partial charge in [-0.05, 0) is 25.3 Å². The van der Waals surface area contributed by atoms with E-state index in [0.29, 0.717) is 12.6 Å². The first-order valence-corrected chi connectivity index (χ1v) is 5.85. The molecule has 15 heavy (non-hydrogen) atoms. The summed E-state index contributed by atoms with van der Waals surface area (Å²) in [4.78, 5) is 13.1. The molecule has 0 aromatic rings. The van der Waals surface area contributed by atoms with Gasteiger partial charge in [0.05, 0.1) is 5.92 Å². The second kappa shape index (κ2) is 4.49. The summed E-state index contributed by atoms with van der Waals surface area (Å²) in [7, 11) is 0. The van der Waals surface area contributed by atoms with Gasteiger partial charge < -0.3 is 15.3 Å². The number of fused-ring (bicyclic) bond motifs is 1. The summed E-state index contributed by atoms with van der Waals surface area (Å²) in [5.41, 5.74) is 0. The molecule has 2 saturated heterocycles. The van der Waals surface area contributed by atoms with Gasteiger partial charge in [0.15, 0.2) is 0 Å². The summed E-state index contributed by atoms with van der Waals surface area (Å²) < 4.78 is 0. The van der Waals surface area contributed by atoms with Crippen LogP contribution in [0.1, 0.15) is 19.8 Å². The standard InChI is InChI=1S/C11H20N2O2/c1-8(11(14)15)5-13-6-9-3-2-4-12-10(9)7-13/h8-10,12H,2-7H2,1H3,(H,14,15)/t8?,9-,10+/m0/s1. The molecule has 0 bridgehead atoms. The number of aliphatic carboxylic acids is 1. The summed E-state index contributed by atoms with van der Waals surface area (Å²) in [5.74, 6) is -0.178. The van der Waals surface area contributed by atoms with Gasteiger partial charge in [-0.25, -0.2) is 0 Å². The fraction of sp³-hybridized carbons (Fsp3) is 0.909. The quantitative estimate of drug-likeness (QED) is 0.710. The Balaban J connectivity index is 1.83. The molecule has 4 nitrogen and oxygen atoms in total. The highest BCUT2D eigenvalue weighted by Crippen LogP contribution is 2.25. The van der Waals surface area contributed by atoms with E-state index in [4.69, 9.17) is 5.11 Å². The zero-order valence-corrected chi connectivity index (χ0v) is 9.28. The van der Waals surface area contributed by atoms with Crippen molar-refractivity contribution >= 4 is 5.97 Å². The van der Waals surface area contributed by atoms with Crippen LogP contribution in [0, 0.1) is 11.8 Å². The topological polar surface area (TPSA) is 52.6 Å². The lowest BCUT2D eigenvalue weighted by molar-refractivity contribution is -0.141. The lowest BCUT2D eigenvalue weighted by atomic mass is 9.94. The number of carboxylic acids is 1. The van der Waals surface area contributed by atoms with E-state index in [-0.39, 0.29) is 5.92 Å². The fourth-order valence-corrected chi connectivity index (χ4v) is 2.75. The van der Waals surface area contributed by atoms with Crippen LogP contribution in [0.5, 0.6) is 0 Å². The van der Waals surface area contributed by atoms with E-state index in [1.807, 2.05) is 0 Å². The number of hydrogen-bond acceptors (Lipinski definition) is 3. The molecule has 2 heterocycles. The largest absolute Gasteiger partial charge is 0.481 e. The Labute approximate surface area is 90.6 Å². The minimum atomic E-state index is -0.683. The van der Waals surface area contributed by atoms with Crippen LogP contribution in [-0.2, 0) is 4.79 Å². The highest BCUT2D eigenvalue weighted by Gasteiger charge is 2.34. The molecular weight excluding hydrogens is 192 g/mol. The zero-order valence-electron chi connectivity index (χ0n) is 9.28. The van der Waals surface area contributed by atoms with Crippen LogP contribution in [0.4, 0.5) is 0 Å². The first-order valence-electron chi connectivity index (χ1n) is 5.85. The number of likely N-dealkylation sites (tertiary alicyclic amines) is 1. The van der Waals surface area contributed by atoms with Crippen LogP contribution in [0.25, 0.3) is 0 Å².